The first-order valence-electron chi connectivity index (χ1n) is 5.99. The van der Waals surface area contributed by atoms with E-state index in [4.69, 9.17) is 4.74 Å². The maximum Gasteiger partial charge on any atom is 0.255 e. The first kappa shape index (κ1) is 12.1. The molecule has 0 unspecified atom stereocenters. The molecule has 5 heteroatoms. The molecule has 1 amide bonds. The Morgan fingerprint density at radius 2 is 2.35 bits per heavy atom. The van der Waals surface area contributed by atoms with Gasteiger partial charge in [-0.3, -0.25) is 9.48 Å². The number of ether oxygens (including phenoxy) is 1. The van der Waals surface area contributed by atoms with E-state index in [1.807, 2.05) is 20.9 Å². The number of nitrogens with zero attached hydrogens (tertiary/aromatic N) is 2. The van der Waals surface area contributed by atoms with Gasteiger partial charge in [-0.15, -0.1) is 0 Å². The normalized spacial score (nSPS) is 19.6. The third kappa shape index (κ3) is 2.49. The molecule has 1 N–H and O–H groups in total. The van der Waals surface area contributed by atoms with Gasteiger partial charge in [-0.2, -0.15) is 5.10 Å². The number of carbonyl (C=O) groups is 1. The van der Waals surface area contributed by atoms with Crippen molar-refractivity contribution in [2.45, 2.75) is 32.8 Å². The fourth-order valence-electron chi connectivity index (χ4n) is 2.20. The second kappa shape index (κ2) is 4.87. The van der Waals surface area contributed by atoms with Crippen LogP contribution in [-0.4, -0.2) is 34.9 Å². The molecule has 0 saturated carbocycles. The fraction of sp³-hybridized carbons (Fsp3) is 0.667. The van der Waals surface area contributed by atoms with E-state index in [9.17, 15) is 4.79 Å². The Labute approximate surface area is 101 Å². The molecule has 2 rings (SSSR count). The Morgan fingerprint density at radius 1 is 1.59 bits per heavy atom. The van der Waals surface area contributed by atoms with Crippen LogP contribution >= 0.6 is 0 Å². The summed E-state index contributed by atoms with van der Waals surface area (Å²) in [6.07, 6.45) is 2.30. The van der Waals surface area contributed by atoms with Crippen molar-refractivity contribution in [2.75, 3.05) is 13.2 Å². The molecule has 17 heavy (non-hydrogen) atoms. The van der Waals surface area contributed by atoms with Gasteiger partial charge in [-0.1, -0.05) is 0 Å². The van der Waals surface area contributed by atoms with E-state index in [0.717, 1.165) is 30.8 Å². The van der Waals surface area contributed by atoms with Crippen molar-refractivity contribution in [3.63, 3.8) is 0 Å². The van der Waals surface area contributed by atoms with Crippen LogP contribution in [0.15, 0.2) is 0 Å². The lowest BCUT2D eigenvalue weighted by atomic mass is 10.1. The molecule has 1 saturated heterocycles. The highest BCUT2D eigenvalue weighted by Gasteiger charge is 2.20. The summed E-state index contributed by atoms with van der Waals surface area (Å²) >= 11 is 0. The van der Waals surface area contributed by atoms with Crippen molar-refractivity contribution >= 4 is 5.91 Å². The molecule has 0 bridgehead atoms. The largest absolute Gasteiger partial charge is 0.376 e. The Morgan fingerprint density at radius 3 is 2.88 bits per heavy atom. The molecule has 1 aliphatic rings. The third-order valence-corrected chi connectivity index (χ3v) is 3.25. The van der Waals surface area contributed by atoms with Crippen molar-refractivity contribution in [3.8, 4) is 0 Å². The maximum absolute atomic E-state index is 12.0. The van der Waals surface area contributed by atoms with Gasteiger partial charge in [0.25, 0.3) is 5.91 Å². The standard InChI is InChI=1S/C12H19N3O2/c1-8-11(9(2)15(3)14-8)12(16)13-7-10-5-4-6-17-10/h10H,4-7H2,1-3H3,(H,13,16)/t10-/m0/s1. The van der Waals surface area contributed by atoms with Crippen molar-refractivity contribution in [1.82, 2.24) is 15.1 Å². The highest BCUT2D eigenvalue weighted by atomic mass is 16.5. The van der Waals surface area contributed by atoms with Crippen LogP contribution in [-0.2, 0) is 11.8 Å². The summed E-state index contributed by atoms with van der Waals surface area (Å²) in [7, 11) is 1.85. The molecular formula is C12H19N3O2. The molecule has 0 radical (unpaired) electrons. The van der Waals surface area contributed by atoms with Gasteiger partial charge in [-0.25, -0.2) is 0 Å². The van der Waals surface area contributed by atoms with Crippen LogP contribution in [0.3, 0.4) is 0 Å². The van der Waals surface area contributed by atoms with E-state index >= 15 is 0 Å². The van der Waals surface area contributed by atoms with Crippen LogP contribution in [0.1, 0.15) is 34.6 Å². The SMILES string of the molecule is Cc1nn(C)c(C)c1C(=O)NC[C@@H]1CCCO1. The minimum absolute atomic E-state index is 0.0522. The second-order valence-corrected chi connectivity index (χ2v) is 4.51. The van der Waals surface area contributed by atoms with Crippen LogP contribution in [0.2, 0.25) is 0 Å². The zero-order valence-corrected chi connectivity index (χ0v) is 10.6. The van der Waals surface area contributed by atoms with Gasteiger partial charge in [0.2, 0.25) is 0 Å². The summed E-state index contributed by atoms with van der Waals surface area (Å²) < 4.78 is 7.20. The predicted octanol–water partition coefficient (Wildman–Crippen LogP) is 0.946. The number of amides is 1. The third-order valence-electron chi connectivity index (χ3n) is 3.25. The van der Waals surface area contributed by atoms with Crippen LogP contribution in [0.4, 0.5) is 0 Å². The number of hydrogen-bond acceptors (Lipinski definition) is 3. The van der Waals surface area contributed by atoms with E-state index in [1.165, 1.54) is 0 Å². The monoisotopic (exact) mass is 237 g/mol. The number of rotatable bonds is 3. The summed E-state index contributed by atoms with van der Waals surface area (Å²) in [5.74, 6) is -0.0522. The van der Waals surface area contributed by atoms with Crippen molar-refractivity contribution < 1.29 is 9.53 Å². The lowest BCUT2D eigenvalue weighted by Crippen LogP contribution is -2.32. The van der Waals surface area contributed by atoms with E-state index in [0.29, 0.717) is 12.1 Å². The molecule has 1 atom stereocenters. The second-order valence-electron chi connectivity index (χ2n) is 4.51. The molecule has 1 aromatic rings. The van der Waals surface area contributed by atoms with Crippen LogP contribution < -0.4 is 5.32 Å². The highest BCUT2D eigenvalue weighted by Crippen LogP contribution is 2.13. The van der Waals surface area contributed by atoms with Gasteiger partial charge in [0.15, 0.2) is 0 Å². The molecular weight excluding hydrogens is 218 g/mol. The fourth-order valence-corrected chi connectivity index (χ4v) is 2.20. The lowest BCUT2D eigenvalue weighted by molar-refractivity contribution is 0.0856. The summed E-state index contributed by atoms with van der Waals surface area (Å²) in [4.78, 5) is 12.0. The van der Waals surface area contributed by atoms with E-state index in [1.54, 1.807) is 4.68 Å². The topological polar surface area (TPSA) is 56.2 Å². The average Bonchev–Trinajstić information content (AvgIpc) is 2.86. The van der Waals surface area contributed by atoms with Gasteiger partial charge >= 0.3 is 0 Å². The molecule has 1 aliphatic heterocycles. The molecule has 5 nitrogen and oxygen atoms in total. The average molecular weight is 237 g/mol. The number of nitrogens with one attached hydrogen (secondary N) is 1. The van der Waals surface area contributed by atoms with Crippen molar-refractivity contribution in [3.05, 3.63) is 17.0 Å². The molecule has 0 aliphatic carbocycles. The zero-order valence-electron chi connectivity index (χ0n) is 10.6. The lowest BCUT2D eigenvalue weighted by Gasteiger charge is -2.10. The Hall–Kier alpha value is -1.36. The Bertz CT molecular complexity index is 420. The number of aryl methyl sites for hydroxylation is 2. The summed E-state index contributed by atoms with van der Waals surface area (Å²) in [5, 5.41) is 7.15. The Balaban J connectivity index is 1.99. The molecule has 0 aromatic carbocycles. The van der Waals surface area contributed by atoms with Crippen molar-refractivity contribution in [1.29, 1.82) is 0 Å². The molecule has 0 spiro atoms. The summed E-state index contributed by atoms with van der Waals surface area (Å²) in [5.41, 5.74) is 2.35. The first-order chi connectivity index (χ1) is 8.09. The van der Waals surface area contributed by atoms with Gasteiger partial charge in [0, 0.05) is 25.9 Å². The van der Waals surface area contributed by atoms with E-state index in [2.05, 4.69) is 10.4 Å². The molecule has 1 fully saturated rings. The number of carbonyl (C=O) groups excluding carboxylic acids is 1. The van der Waals surface area contributed by atoms with Gasteiger partial charge < -0.3 is 10.1 Å². The van der Waals surface area contributed by atoms with Crippen LogP contribution in [0.5, 0.6) is 0 Å². The highest BCUT2D eigenvalue weighted by molar-refractivity contribution is 5.96. The minimum Gasteiger partial charge on any atom is -0.376 e. The quantitative estimate of drug-likeness (QED) is 0.851. The van der Waals surface area contributed by atoms with E-state index in [-0.39, 0.29) is 12.0 Å². The van der Waals surface area contributed by atoms with Gasteiger partial charge in [0.1, 0.15) is 0 Å². The zero-order chi connectivity index (χ0) is 12.4. The Kier molecular flexibility index (Phi) is 3.47. The van der Waals surface area contributed by atoms with Crippen molar-refractivity contribution in [2.24, 2.45) is 7.05 Å². The van der Waals surface area contributed by atoms with E-state index < -0.39 is 0 Å². The number of aromatic nitrogens is 2. The maximum atomic E-state index is 12.0. The molecule has 94 valence electrons. The first-order valence-corrected chi connectivity index (χ1v) is 5.99. The van der Waals surface area contributed by atoms with Gasteiger partial charge in [0.05, 0.1) is 17.4 Å². The summed E-state index contributed by atoms with van der Waals surface area (Å²) in [6.45, 7) is 5.16. The van der Waals surface area contributed by atoms with Crippen LogP contribution in [0.25, 0.3) is 0 Å². The van der Waals surface area contributed by atoms with Crippen LogP contribution in [0, 0.1) is 13.8 Å². The predicted molar refractivity (Wildman–Crippen MR) is 64.0 cm³/mol. The van der Waals surface area contributed by atoms with Gasteiger partial charge in [-0.05, 0) is 26.7 Å². The molecule has 1 aromatic heterocycles. The molecule has 2 heterocycles. The minimum atomic E-state index is -0.0522. The number of hydrogen-bond donors (Lipinski definition) is 1. The summed E-state index contributed by atoms with van der Waals surface area (Å²) in [6, 6.07) is 0. The smallest absolute Gasteiger partial charge is 0.255 e.